The maximum Gasteiger partial charge on any atom is 0.416 e. The van der Waals surface area contributed by atoms with Crippen LogP contribution in [-0.2, 0) is 6.18 Å². The lowest BCUT2D eigenvalue weighted by Gasteiger charge is -2.14. The first kappa shape index (κ1) is 17.7. The molecule has 4 nitrogen and oxygen atoms in total. The summed E-state index contributed by atoms with van der Waals surface area (Å²) in [5.74, 6) is -0.501. The molecule has 2 aromatic carbocycles. The largest absolute Gasteiger partial charge is 0.416 e. The van der Waals surface area contributed by atoms with E-state index in [0.717, 1.165) is 12.1 Å². The lowest BCUT2D eigenvalue weighted by atomic mass is 10.1. The molecule has 0 aliphatic heterocycles. The molecular weight excluding hydrogens is 323 g/mol. The normalized spacial score (nSPS) is 12.5. The van der Waals surface area contributed by atoms with Crippen LogP contribution in [0.4, 0.5) is 13.2 Å². The van der Waals surface area contributed by atoms with Gasteiger partial charge in [-0.15, -0.1) is 0 Å². The van der Waals surface area contributed by atoms with Crippen LogP contribution >= 0.6 is 0 Å². The molecule has 1 unspecified atom stereocenters. The number of halogens is 3. The summed E-state index contributed by atoms with van der Waals surface area (Å²) in [6, 6.07) is 10.1. The smallest absolute Gasteiger partial charge is 0.387 e. The average molecular weight is 337 g/mol. The van der Waals surface area contributed by atoms with Gasteiger partial charge in [0.2, 0.25) is 0 Å². The molecule has 0 aliphatic carbocycles. The standard InChI is InChI=1S/C17H14F3NO3/c18-17(19,20)14-3-1-2-13(8-14)15(23)9-21-16(24)12-6-4-11(10-22)5-7-12/h1-8,10,15,23H,9H2,(H,21,24). The molecule has 126 valence electrons. The highest BCUT2D eigenvalue weighted by atomic mass is 19.4. The van der Waals surface area contributed by atoms with Crippen LogP contribution < -0.4 is 5.32 Å². The summed E-state index contributed by atoms with van der Waals surface area (Å²) >= 11 is 0. The first-order chi connectivity index (χ1) is 11.3. The maximum atomic E-state index is 12.7. The van der Waals surface area contributed by atoms with Crippen molar-refractivity contribution >= 4 is 12.2 Å². The van der Waals surface area contributed by atoms with E-state index in [1.165, 1.54) is 36.4 Å². The molecule has 2 rings (SSSR count). The zero-order valence-corrected chi connectivity index (χ0v) is 12.4. The van der Waals surface area contributed by atoms with Crippen molar-refractivity contribution in [2.45, 2.75) is 12.3 Å². The van der Waals surface area contributed by atoms with E-state index in [1.54, 1.807) is 0 Å². The van der Waals surface area contributed by atoms with Gasteiger partial charge in [0, 0.05) is 17.7 Å². The molecule has 2 N–H and O–H groups in total. The zero-order valence-electron chi connectivity index (χ0n) is 12.4. The van der Waals surface area contributed by atoms with E-state index in [2.05, 4.69) is 5.32 Å². The molecule has 0 heterocycles. The van der Waals surface area contributed by atoms with Crippen molar-refractivity contribution in [1.29, 1.82) is 0 Å². The second-order valence-electron chi connectivity index (χ2n) is 5.09. The summed E-state index contributed by atoms with van der Waals surface area (Å²) in [7, 11) is 0. The van der Waals surface area contributed by atoms with Gasteiger partial charge in [0.25, 0.3) is 5.91 Å². The van der Waals surface area contributed by atoms with Crippen molar-refractivity contribution in [2.75, 3.05) is 6.54 Å². The number of aliphatic hydroxyl groups is 1. The number of alkyl halides is 3. The van der Waals surface area contributed by atoms with E-state index >= 15 is 0 Å². The van der Waals surface area contributed by atoms with Gasteiger partial charge in [-0.1, -0.05) is 24.3 Å². The number of carbonyl (C=O) groups excluding carboxylic acids is 2. The van der Waals surface area contributed by atoms with Gasteiger partial charge in [0.1, 0.15) is 6.29 Å². The quantitative estimate of drug-likeness (QED) is 0.825. The van der Waals surface area contributed by atoms with Crippen molar-refractivity contribution in [3.8, 4) is 0 Å². The van der Waals surface area contributed by atoms with Crippen molar-refractivity contribution in [1.82, 2.24) is 5.32 Å². The molecular formula is C17H14F3NO3. The molecule has 0 radical (unpaired) electrons. The number of carbonyl (C=O) groups is 2. The van der Waals surface area contributed by atoms with Gasteiger partial charge in [-0.25, -0.2) is 0 Å². The van der Waals surface area contributed by atoms with Crippen LogP contribution in [0.15, 0.2) is 48.5 Å². The second kappa shape index (κ2) is 7.27. The van der Waals surface area contributed by atoms with Crippen LogP contribution in [0.5, 0.6) is 0 Å². The van der Waals surface area contributed by atoms with Crippen molar-refractivity contribution < 1.29 is 27.9 Å². The van der Waals surface area contributed by atoms with E-state index in [0.29, 0.717) is 11.8 Å². The highest BCUT2D eigenvalue weighted by Crippen LogP contribution is 2.30. The summed E-state index contributed by atoms with van der Waals surface area (Å²) in [4.78, 5) is 22.5. The number of benzene rings is 2. The third kappa shape index (κ3) is 4.42. The average Bonchev–Trinajstić information content (AvgIpc) is 2.58. The van der Waals surface area contributed by atoms with Gasteiger partial charge in [-0.2, -0.15) is 13.2 Å². The van der Waals surface area contributed by atoms with Crippen LogP contribution in [0.2, 0.25) is 0 Å². The first-order valence-corrected chi connectivity index (χ1v) is 7.00. The number of nitrogens with one attached hydrogen (secondary N) is 1. The Morgan fingerprint density at radius 1 is 1.17 bits per heavy atom. The van der Waals surface area contributed by atoms with Crippen LogP contribution in [0.25, 0.3) is 0 Å². The number of aliphatic hydroxyl groups excluding tert-OH is 1. The summed E-state index contributed by atoms with van der Waals surface area (Å²) in [5, 5.41) is 12.4. The van der Waals surface area contributed by atoms with Crippen LogP contribution in [0.1, 0.15) is 37.9 Å². The summed E-state index contributed by atoms with van der Waals surface area (Å²) < 4.78 is 38.0. The predicted molar refractivity (Wildman–Crippen MR) is 80.6 cm³/mol. The Hall–Kier alpha value is -2.67. The predicted octanol–water partition coefficient (Wildman–Crippen LogP) is 2.98. The van der Waals surface area contributed by atoms with Crippen molar-refractivity contribution in [3.63, 3.8) is 0 Å². The minimum Gasteiger partial charge on any atom is -0.387 e. The molecule has 1 atom stereocenters. The van der Waals surface area contributed by atoms with Crippen molar-refractivity contribution in [2.24, 2.45) is 0 Å². The van der Waals surface area contributed by atoms with Crippen LogP contribution in [0, 0.1) is 0 Å². The lowest BCUT2D eigenvalue weighted by molar-refractivity contribution is -0.137. The van der Waals surface area contributed by atoms with E-state index in [-0.39, 0.29) is 17.7 Å². The van der Waals surface area contributed by atoms with Gasteiger partial charge in [-0.3, -0.25) is 9.59 Å². The number of hydrogen-bond donors (Lipinski definition) is 2. The Morgan fingerprint density at radius 2 is 1.83 bits per heavy atom. The summed E-state index contributed by atoms with van der Waals surface area (Å²) in [6.45, 7) is -0.241. The Balaban J connectivity index is 2.00. The van der Waals surface area contributed by atoms with Gasteiger partial charge in [0.15, 0.2) is 0 Å². The van der Waals surface area contributed by atoms with E-state index in [9.17, 15) is 27.9 Å². The highest BCUT2D eigenvalue weighted by molar-refractivity contribution is 5.94. The number of hydrogen-bond acceptors (Lipinski definition) is 3. The van der Waals surface area contributed by atoms with Gasteiger partial charge < -0.3 is 10.4 Å². The number of rotatable bonds is 5. The van der Waals surface area contributed by atoms with Gasteiger partial charge >= 0.3 is 6.18 Å². The fourth-order valence-corrected chi connectivity index (χ4v) is 2.04. The Kier molecular flexibility index (Phi) is 5.35. The monoisotopic (exact) mass is 337 g/mol. The molecule has 1 amide bonds. The van der Waals surface area contributed by atoms with E-state index in [4.69, 9.17) is 0 Å². The van der Waals surface area contributed by atoms with Crippen LogP contribution in [0.3, 0.4) is 0 Å². The molecule has 0 aliphatic rings. The molecule has 2 aromatic rings. The van der Waals surface area contributed by atoms with E-state index < -0.39 is 23.8 Å². The SMILES string of the molecule is O=Cc1ccc(C(=O)NCC(O)c2cccc(C(F)(F)F)c2)cc1. The molecule has 7 heteroatoms. The number of aldehydes is 1. The molecule has 0 saturated carbocycles. The van der Waals surface area contributed by atoms with E-state index in [1.807, 2.05) is 0 Å². The van der Waals surface area contributed by atoms with Gasteiger partial charge in [0.05, 0.1) is 11.7 Å². The summed E-state index contributed by atoms with van der Waals surface area (Å²) in [5.41, 5.74) is -0.122. The second-order valence-corrected chi connectivity index (χ2v) is 5.09. The summed E-state index contributed by atoms with van der Waals surface area (Å²) in [6.07, 6.45) is -5.14. The first-order valence-electron chi connectivity index (χ1n) is 7.00. The molecule has 0 saturated heterocycles. The fourth-order valence-electron chi connectivity index (χ4n) is 2.04. The minimum atomic E-state index is -4.50. The molecule has 0 bridgehead atoms. The third-order valence-corrected chi connectivity index (χ3v) is 3.36. The topological polar surface area (TPSA) is 66.4 Å². The Labute approximate surface area is 135 Å². The van der Waals surface area contributed by atoms with Crippen LogP contribution in [-0.4, -0.2) is 23.8 Å². The highest BCUT2D eigenvalue weighted by Gasteiger charge is 2.30. The lowest BCUT2D eigenvalue weighted by Crippen LogP contribution is -2.28. The molecule has 0 spiro atoms. The maximum absolute atomic E-state index is 12.7. The Morgan fingerprint density at radius 3 is 2.42 bits per heavy atom. The third-order valence-electron chi connectivity index (χ3n) is 3.36. The van der Waals surface area contributed by atoms with Gasteiger partial charge in [-0.05, 0) is 29.8 Å². The Bertz CT molecular complexity index is 727. The minimum absolute atomic E-state index is 0.0569. The van der Waals surface area contributed by atoms with Crippen molar-refractivity contribution in [3.05, 3.63) is 70.8 Å². The number of amides is 1. The fraction of sp³-hybridized carbons (Fsp3) is 0.176. The molecule has 0 aromatic heterocycles. The molecule has 24 heavy (non-hydrogen) atoms. The zero-order chi connectivity index (χ0) is 17.7. The molecule has 0 fully saturated rings.